The number of carboxylic acid groups (broad SMARTS) is 1. The molecule has 1 amide bonds. The maximum Gasteiger partial charge on any atom is 0.341 e. The number of aromatic nitrogens is 1. The first-order valence-corrected chi connectivity index (χ1v) is 8.78. The van der Waals surface area contributed by atoms with E-state index in [-0.39, 0.29) is 17.5 Å². The SMILES string of the molecule is O=C(O)c1cc2ccc(C3CCC3)c(C(=O)NC3CCC3)c2[nH]c1=O. The fourth-order valence-electron chi connectivity index (χ4n) is 3.56. The topological polar surface area (TPSA) is 99.3 Å². The summed E-state index contributed by atoms with van der Waals surface area (Å²) >= 11 is 0. The van der Waals surface area contributed by atoms with Gasteiger partial charge < -0.3 is 15.4 Å². The van der Waals surface area contributed by atoms with Crippen molar-refractivity contribution in [2.45, 2.75) is 50.5 Å². The Morgan fingerprint density at radius 2 is 1.84 bits per heavy atom. The second-order valence-corrected chi connectivity index (χ2v) is 7.04. The average Bonchev–Trinajstić information content (AvgIpc) is 2.48. The van der Waals surface area contributed by atoms with E-state index in [4.69, 9.17) is 5.11 Å². The third-order valence-electron chi connectivity index (χ3n) is 5.50. The molecule has 1 aromatic carbocycles. The number of nitrogens with one attached hydrogen (secondary N) is 2. The molecule has 6 nitrogen and oxygen atoms in total. The van der Waals surface area contributed by atoms with Gasteiger partial charge in [0.25, 0.3) is 11.5 Å². The lowest BCUT2D eigenvalue weighted by molar-refractivity contribution is 0.0695. The molecule has 1 aromatic heterocycles. The van der Waals surface area contributed by atoms with Crippen molar-refractivity contribution in [3.63, 3.8) is 0 Å². The average molecular weight is 340 g/mol. The van der Waals surface area contributed by atoms with E-state index in [2.05, 4.69) is 10.3 Å². The first-order chi connectivity index (χ1) is 12.0. The molecule has 2 fully saturated rings. The van der Waals surface area contributed by atoms with Gasteiger partial charge in [0.1, 0.15) is 5.56 Å². The van der Waals surface area contributed by atoms with Crippen LogP contribution in [0.1, 0.15) is 70.7 Å². The lowest BCUT2D eigenvalue weighted by atomic mass is 9.77. The number of pyridine rings is 1. The van der Waals surface area contributed by atoms with Gasteiger partial charge in [0, 0.05) is 6.04 Å². The Balaban J connectivity index is 1.87. The van der Waals surface area contributed by atoms with Crippen molar-refractivity contribution in [2.75, 3.05) is 0 Å². The summed E-state index contributed by atoms with van der Waals surface area (Å²) in [5, 5.41) is 12.8. The summed E-state index contributed by atoms with van der Waals surface area (Å²) in [4.78, 5) is 38.9. The third kappa shape index (κ3) is 2.71. The molecule has 2 aromatic rings. The molecule has 2 aliphatic carbocycles. The molecular weight excluding hydrogens is 320 g/mol. The van der Waals surface area contributed by atoms with Crippen LogP contribution in [0.2, 0.25) is 0 Å². The van der Waals surface area contributed by atoms with Crippen molar-refractivity contribution >= 4 is 22.8 Å². The highest BCUT2D eigenvalue weighted by molar-refractivity contribution is 6.08. The fourth-order valence-corrected chi connectivity index (χ4v) is 3.56. The van der Waals surface area contributed by atoms with Gasteiger partial charge in [0.2, 0.25) is 0 Å². The van der Waals surface area contributed by atoms with Gasteiger partial charge in [-0.05, 0) is 55.0 Å². The van der Waals surface area contributed by atoms with Gasteiger partial charge in [-0.3, -0.25) is 9.59 Å². The van der Waals surface area contributed by atoms with Crippen molar-refractivity contribution in [1.82, 2.24) is 10.3 Å². The van der Waals surface area contributed by atoms with E-state index in [1.165, 1.54) is 6.07 Å². The summed E-state index contributed by atoms with van der Waals surface area (Å²) < 4.78 is 0. The minimum atomic E-state index is -1.27. The molecule has 0 radical (unpaired) electrons. The second kappa shape index (κ2) is 6.02. The molecule has 4 rings (SSSR count). The Hall–Kier alpha value is -2.63. The van der Waals surface area contributed by atoms with Gasteiger partial charge in [-0.2, -0.15) is 0 Å². The summed E-state index contributed by atoms with van der Waals surface area (Å²) in [6, 6.07) is 5.25. The van der Waals surface area contributed by atoms with Crippen molar-refractivity contribution < 1.29 is 14.7 Å². The number of aromatic amines is 1. The van der Waals surface area contributed by atoms with Crippen molar-refractivity contribution in [3.05, 3.63) is 45.2 Å². The number of carboxylic acids is 1. The van der Waals surface area contributed by atoms with Gasteiger partial charge in [-0.1, -0.05) is 18.6 Å². The van der Waals surface area contributed by atoms with Gasteiger partial charge in [-0.25, -0.2) is 4.79 Å². The molecule has 0 saturated heterocycles. The smallest absolute Gasteiger partial charge is 0.341 e. The van der Waals surface area contributed by atoms with E-state index in [1.54, 1.807) is 6.07 Å². The van der Waals surface area contributed by atoms with Crippen LogP contribution in [-0.2, 0) is 0 Å². The molecule has 6 heteroatoms. The monoisotopic (exact) mass is 340 g/mol. The zero-order chi connectivity index (χ0) is 17.6. The zero-order valence-corrected chi connectivity index (χ0v) is 13.8. The number of benzene rings is 1. The molecule has 0 aliphatic heterocycles. The largest absolute Gasteiger partial charge is 0.477 e. The molecule has 2 aliphatic rings. The predicted octanol–water partition coefficient (Wildman–Crippen LogP) is 2.78. The van der Waals surface area contributed by atoms with Gasteiger partial charge in [-0.15, -0.1) is 0 Å². The van der Waals surface area contributed by atoms with Gasteiger partial charge in [0.05, 0.1) is 11.1 Å². The molecule has 0 unspecified atom stereocenters. The van der Waals surface area contributed by atoms with E-state index in [0.29, 0.717) is 22.4 Å². The maximum absolute atomic E-state index is 12.9. The highest BCUT2D eigenvalue weighted by atomic mass is 16.4. The Kier molecular flexibility index (Phi) is 3.82. The van der Waals surface area contributed by atoms with Gasteiger partial charge in [0.15, 0.2) is 0 Å². The van der Waals surface area contributed by atoms with Crippen LogP contribution in [0.25, 0.3) is 10.9 Å². The molecule has 0 spiro atoms. The number of hydrogen-bond acceptors (Lipinski definition) is 3. The molecule has 1 heterocycles. The lowest BCUT2D eigenvalue weighted by Crippen LogP contribution is -2.40. The minimum absolute atomic E-state index is 0.170. The molecule has 0 atom stereocenters. The summed E-state index contributed by atoms with van der Waals surface area (Å²) in [6.45, 7) is 0. The van der Waals surface area contributed by atoms with Crippen LogP contribution in [0.15, 0.2) is 23.0 Å². The van der Waals surface area contributed by atoms with Crippen molar-refractivity contribution in [1.29, 1.82) is 0 Å². The Morgan fingerprint density at radius 3 is 2.40 bits per heavy atom. The van der Waals surface area contributed by atoms with E-state index in [9.17, 15) is 14.4 Å². The third-order valence-corrected chi connectivity index (χ3v) is 5.50. The van der Waals surface area contributed by atoms with E-state index >= 15 is 0 Å². The fraction of sp³-hybridized carbons (Fsp3) is 0.421. The number of aromatic carboxylic acids is 1. The Morgan fingerprint density at radius 1 is 1.12 bits per heavy atom. The van der Waals surface area contributed by atoms with Crippen LogP contribution in [-0.4, -0.2) is 28.0 Å². The van der Waals surface area contributed by atoms with Crippen LogP contribution < -0.4 is 10.9 Å². The van der Waals surface area contributed by atoms with Crippen LogP contribution in [0, 0.1) is 0 Å². The maximum atomic E-state index is 12.9. The number of fused-ring (bicyclic) bond motifs is 1. The van der Waals surface area contributed by atoms with Crippen LogP contribution >= 0.6 is 0 Å². The van der Waals surface area contributed by atoms with Crippen LogP contribution in [0.3, 0.4) is 0 Å². The number of hydrogen-bond donors (Lipinski definition) is 3. The van der Waals surface area contributed by atoms with Crippen LogP contribution in [0.5, 0.6) is 0 Å². The highest BCUT2D eigenvalue weighted by Gasteiger charge is 2.29. The standard InChI is InChI=1S/C19H20N2O4/c22-17-14(19(24)25)9-11-7-8-13(10-3-1-4-10)15(16(11)21-17)18(23)20-12-5-2-6-12/h7-10,12H,1-6H2,(H,20,23)(H,21,22)(H,24,25). The number of carbonyl (C=O) groups is 2. The first kappa shape index (κ1) is 15.9. The molecule has 25 heavy (non-hydrogen) atoms. The number of carbonyl (C=O) groups excluding carboxylic acids is 1. The normalized spacial score (nSPS) is 17.8. The first-order valence-electron chi connectivity index (χ1n) is 8.78. The van der Waals surface area contributed by atoms with E-state index in [1.807, 2.05) is 6.07 Å². The number of H-pyrrole nitrogens is 1. The molecule has 2 saturated carbocycles. The summed E-state index contributed by atoms with van der Waals surface area (Å²) in [5.41, 5.74) is 0.909. The van der Waals surface area contributed by atoms with E-state index < -0.39 is 11.5 Å². The number of amides is 1. The molecule has 130 valence electrons. The summed E-state index contributed by atoms with van der Waals surface area (Å²) in [6.07, 6.45) is 6.29. The second-order valence-electron chi connectivity index (χ2n) is 7.04. The zero-order valence-electron chi connectivity index (χ0n) is 13.8. The quantitative estimate of drug-likeness (QED) is 0.797. The Bertz CT molecular complexity index is 923. The Labute approximate surface area is 144 Å². The number of rotatable bonds is 4. The highest BCUT2D eigenvalue weighted by Crippen LogP contribution is 2.39. The molecular formula is C19H20N2O4. The molecule has 0 bridgehead atoms. The lowest BCUT2D eigenvalue weighted by Gasteiger charge is -2.30. The summed E-state index contributed by atoms with van der Waals surface area (Å²) in [5.74, 6) is -1.11. The summed E-state index contributed by atoms with van der Waals surface area (Å²) in [7, 11) is 0. The van der Waals surface area contributed by atoms with Gasteiger partial charge >= 0.3 is 5.97 Å². The molecule has 3 N–H and O–H groups in total. The van der Waals surface area contributed by atoms with Crippen molar-refractivity contribution in [3.8, 4) is 0 Å². The minimum Gasteiger partial charge on any atom is -0.477 e. The predicted molar refractivity (Wildman–Crippen MR) is 93.2 cm³/mol. The van der Waals surface area contributed by atoms with Crippen molar-refractivity contribution in [2.24, 2.45) is 0 Å². The van der Waals surface area contributed by atoms with Crippen LogP contribution in [0.4, 0.5) is 0 Å². The van der Waals surface area contributed by atoms with E-state index in [0.717, 1.165) is 44.1 Å².